The molecule has 1 aromatic carbocycles. The van der Waals surface area contributed by atoms with E-state index in [-0.39, 0.29) is 43.3 Å². The molecule has 0 aromatic heterocycles. The third-order valence-electron chi connectivity index (χ3n) is 5.84. The molecule has 1 atom stereocenters. The van der Waals surface area contributed by atoms with Crippen molar-refractivity contribution in [3.63, 3.8) is 0 Å². The minimum Gasteiger partial charge on any atom is -0.466 e. The minimum absolute atomic E-state index is 0.0181. The van der Waals surface area contributed by atoms with Gasteiger partial charge in [0.25, 0.3) is 0 Å². The van der Waals surface area contributed by atoms with Gasteiger partial charge >= 0.3 is 5.97 Å². The highest BCUT2D eigenvalue weighted by Gasteiger charge is 2.45. The number of ether oxygens (including phenoxy) is 1. The largest absolute Gasteiger partial charge is 0.466 e. The maximum Gasteiger partial charge on any atom is 0.314 e. The molecule has 158 valence electrons. The maximum absolute atomic E-state index is 13.3. The molecule has 0 unspecified atom stereocenters. The molecule has 2 aliphatic rings. The van der Waals surface area contributed by atoms with Crippen LogP contribution in [0.25, 0.3) is 0 Å². The van der Waals surface area contributed by atoms with Crippen molar-refractivity contribution in [2.75, 3.05) is 32.8 Å². The van der Waals surface area contributed by atoms with Gasteiger partial charge in [-0.2, -0.15) is 0 Å². The number of hydrogen-bond donors (Lipinski definition) is 0. The number of carbonyl (C=O) groups is 3. The fourth-order valence-electron chi connectivity index (χ4n) is 4.30. The number of likely N-dealkylation sites (tertiary alicyclic amines) is 2. The molecule has 3 rings (SSSR count). The van der Waals surface area contributed by atoms with Gasteiger partial charge in [0, 0.05) is 26.1 Å². The molecule has 2 heterocycles. The van der Waals surface area contributed by atoms with E-state index in [9.17, 15) is 18.8 Å². The number of nitrogens with zero attached hydrogens (tertiary/aromatic N) is 2. The number of piperidine rings is 2. The van der Waals surface area contributed by atoms with Crippen molar-refractivity contribution in [3.05, 3.63) is 35.6 Å². The predicted octanol–water partition coefficient (Wildman–Crippen LogP) is 2.55. The van der Waals surface area contributed by atoms with Crippen LogP contribution in [0.15, 0.2) is 24.3 Å². The van der Waals surface area contributed by atoms with Crippen molar-refractivity contribution in [1.82, 2.24) is 9.80 Å². The lowest BCUT2D eigenvalue weighted by atomic mass is 9.75. The average Bonchev–Trinajstić information content (AvgIpc) is 2.72. The van der Waals surface area contributed by atoms with Gasteiger partial charge in [0.15, 0.2) is 0 Å². The summed E-state index contributed by atoms with van der Waals surface area (Å²) in [6.07, 6.45) is 3.95. The first-order valence-corrected chi connectivity index (χ1v) is 10.4. The molecular weight excluding hydrogens is 375 g/mol. The molecule has 2 aliphatic heterocycles. The third-order valence-corrected chi connectivity index (χ3v) is 5.84. The molecule has 7 heteroatoms. The second-order valence-corrected chi connectivity index (χ2v) is 8.00. The Hall–Kier alpha value is -2.44. The Kier molecular flexibility index (Phi) is 6.87. The summed E-state index contributed by atoms with van der Waals surface area (Å²) in [6.45, 7) is 3.51. The molecule has 2 saturated heterocycles. The molecule has 0 aliphatic carbocycles. The van der Waals surface area contributed by atoms with E-state index in [0.29, 0.717) is 38.8 Å². The van der Waals surface area contributed by atoms with E-state index in [1.807, 2.05) is 0 Å². The van der Waals surface area contributed by atoms with Gasteiger partial charge in [0.05, 0.1) is 18.6 Å². The van der Waals surface area contributed by atoms with Gasteiger partial charge < -0.3 is 14.5 Å². The Morgan fingerprint density at radius 3 is 2.59 bits per heavy atom. The Morgan fingerprint density at radius 2 is 1.90 bits per heavy atom. The summed E-state index contributed by atoms with van der Waals surface area (Å²) in [4.78, 5) is 41.2. The molecular formula is C22H29FN2O4. The number of hydrogen-bond acceptors (Lipinski definition) is 4. The fourth-order valence-corrected chi connectivity index (χ4v) is 4.30. The molecule has 0 spiro atoms. The Morgan fingerprint density at radius 1 is 1.14 bits per heavy atom. The van der Waals surface area contributed by atoms with Crippen molar-refractivity contribution in [2.24, 2.45) is 5.41 Å². The summed E-state index contributed by atoms with van der Waals surface area (Å²) in [5, 5.41) is 0. The predicted molar refractivity (Wildman–Crippen MR) is 105 cm³/mol. The number of rotatable bonds is 6. The molecule has 2 amide bonds. The van der Waals surface area contributed by atoms with Crippen molar-refractivity contribution < 1.29 is 23.5 Å². The van der Waals surface area contributed by atoms with Crippen LogP contribution in [0, 0.1) is 11.2 Å². The number of carbonyl (C=O) groups excluding carboxylic acids is 3. The van der Waals surface area contributed by atoms with Crippen molar-refractivity contribution >= 4 is 17.8 Å². The number of esters is 1. The highest BCUT2D eigenvalue weighted by atomic mass is 19.1. The lowest BCUT2D eigenvalue weighted by Gasteiger charge is -2.41. The maximum atomic E-state index is 13.3. The van der Waals surface area contributed by atoms with E-state index in [0.717, 1.165) is 18.4 Å². The zero-order valence-electron chi connectivity index (χ0n) is 17.0. The van der Waals surface area contributed by atoms with Crippen molar-refractivity contribution in [1.29, 1.82) is 0 Å². The van der Waals surface area contributed by atoms with E-state index < -0.39 is 5.41 Å². The second-order valence-electron chi connectivity index (χ2n) is 8.00. The van der Waals surface area contributed by atoms with Gasteiger partial charge in [-0.1, -0.05) is 12.1 Å². The van der Waals surface area contributed by atoms with E-state index >= 15 is 0 Å². The second kappa shape index (κ2) is 9.37. The fraction of sp³-hybridized carbons (Fsp3) is 0.591. The molecule has 2 fully saturated rings. The molecule has 0 radical (unpaired) electrons. The molecule has 29 heavy (non-hydrogen) atoms. The monoisotopic (exact) mass is 404 g/mol. The molecule has 0 saturated carbocycles. The number of amides is 2. The Bertz CT molecular complexity index is 752. The molecule has 1 aromatic rings. The summed E-state index contributed by atoms with van der Waals surface area (Å²) in [5.41, 5.74) is -0.0202. The minimum atomic E-state index is -0.854. The SMILES string of the molecule is CCOC(=O)[C@@]1(Cc2ccc(F)cc2)CCCN(C(=O)CN2CCCCC2=O)C1. The van der Waals surface area contributed by atoms with Crippen LogP contribution in [-0.2, 0) is 25.5 Å². The normalized spacial score (nSPS) is 22.5. The summed E-state index contributed by atoms with van der Waals surface area (Å²) in [6, 6.07) is 6.09. The Balaban J connectivity index is 1.75. The van der Waals surface area contributed by atoms with E-state index in [2.05, 4.69) is 0 Å². The molecule has 0 bridgehead atoms. The summed E-state index contributed by atoms with van der Waals surface area (Å²) >= 11 is 0. The van der Waals surface area contributed by atoms with Crippen LogP contribution in [0.1, 0.15) is 44.6 Å². The van der Waals surface area contributed by atoms with Crippen molar-refractivity contribution in [2.45, 2.75) is 45.4 Å². The zero-order chi connectivity index (χ0) is 20.9. The third kappa shape index (κ3) is 5.14. The Labute approximate surface area is 171 Å². The topological polar surface area (TPSA) is 66.9 Å². The summed E-state index contributed by atoms with van der Waals surface area (Å²) in [5.74, 6) is -0.765. The van der Waals surface area contributed by atoms with Gasteiger partial charge in [-0.05, 0) is 56.7 Å². The van der Waals surface area contributed by atoms with Crippen LogP contribution < -0.4 is 0 Å². The molecule has 6 nitrogen and oxygen atoms in total. The molecule has 0 N–H and O–H groups in total. The highest BCUT2D eigenvalue weighted by Crippen LogP contribution is 2.35. The smallest absolute Gasteiger partial charge is 0.314 e. The zero-order valence-corrected chi connectivity index (χ0v) is 17.0. The van der Waals surface area contributed by atoms with Gasteiger partial charge in [-0.25, -0.2) is 4.39 Å². The first-order chi connectivity index (χ1) is 13.9. The van der Waals surface area contributed by atoms with Crippen LogP contribution in [0.5, 0.6) is 0 Å². The van der Waals surface area contributed by atoms with Crippen molar-refractivity contribution in [3.8, 4) is 0 Å². The van der Waals surface area contributed by atoms with Crippen LogP contribution in [0.2, 0.25) is 0 Å². The average molecular weight is 404 g/mol. The number of halogens is 1. The summed E-state index contributed by atoms with van der Waals surface area (Å²) in [7, 11) is 0. The van der Waals surface area contributed by atoms with E-state index in [4.69, 9.17) is 4.74 Å². The van der Waals surface area contributed by atoms with Crippen LogP contribution in [-0.4, -0.2) is 60.4 Å². The van der Waals surface area contributed by atoms with Gasteiger partial charge in [-0.3, -0.25) is 14.4 Å². The first kappa shape index (κ1) is 21.3. The standard InChI is InChI=1S/C22H29FN2O4/c1-2-29-21(28)22(14-17-7-9-18(23)10-8-17)11-5-13-25(16-22)20(27)15-24-12-4-3-6-19(24)26/h7-10H,2-6,11-16H2,1H3/t22-/m1/s1. The quantitative estimate of drug-likeness (QED) is 0.684. The van der Waals surface area contributed by atoms with E-state index in [1.165, 1.54) is 12.1 Å². The van der Waals surface area contributed by atoms with Crippen LogP contribution in [0.4, 0.5) is 4.39 Å². The lowest BCUT2D eigenvalue weighted by Crippen LogP contribution is -2.54. The summed E-state index contributed by atoms with van der Waals surface area (Å²) < 4.78 is 18.6. The van der Waals surface area contributed by atoms with Gasteiger partial charge in [0.2, 0.25) is 11.8 Å². The highest BCUT2D eigenvalue weighted by molar-refractivity contribution is 5.86. The number of benzene rings is 1. The van der Waals surface area contributed by atoms with Gasteiger partial charge in [0.1, 0.15) is 5.82 Å². The van der Waals surface area contributed by atoms with Crippen LogP contribution >= 0.6 is 0 Å². The van der Waals surface area contributed by atoms with Crippen LogP contribution in [0.3, 0.4) is 0 Å². The van der Waals surface area contributed by atoms with Gasteiger partial charge in [-0.15, -0.1) is 0 Å². The lowest BCUT2D eigenvalue weighted by molar-refractivity contribution is -0.161. The van der Waals surface area contributed by atoms with E-state index in [1.54, 1.807) is 28.9 Å². The first-order valence-electron chi connectivity index (χ1n) is 10.4.